The van der Waals surface area contributed by atoms with Crippen LogP contribution in [0.1, 0.15) is 12.5 Å². The number of hydrazone groups is 1. The van der Waals surface area contributed by atoms with Gasteiger partial charge in [-0.1, -0.05) is 17.8 Å². The summed E-state index contributed by atoms with van der Waals surface area (Å²) in [6, 6.07) is 7.69. The number of benzene rings is 1. The molecule has 1 heterocycles. The van der Waals surface area contributed by atoms with E-state index in [0.717, 1.165) is 22.8 Å². The molecule has 7 heteroatoms. The Balaban J connectivity index is 1.98. The van der Waals surface area contributed by atoms with Gasteiger partial charge in [0.25, 0.3) is 0 Å². The summed E-state index contributed by atoms with van der Waals surface area (Å²) < 4.78 is 5.13. The van der Waals surface area contributed by atoms with Gasteiger partial charge in [-0.25, -0.2) is 10.5 Å². The van der Waals surface area contributed by atoms with Gasteiger partial charge >= 0.3 is 0 Å². The van der Waals surface area contributed by atoms with Gasteiger partial charge in [0.1, 0.15) is 5.75 Å². The number of methoxy groups -OCH3 is 1. The first kappa shape index (κ1) is 15.1. The van der Waals surface area contributed by atoms with Crippen LogP contribution < -0.4 is 10.2 Å². The standard InChI is InChI=1S/C14H17N5OS/c1-4-9-21-14-15-13(18-19-14)17-16-10(2)11-5-7-12(20-3)8-6-11/h4-8H,1,9H2,2-3H3,(H2,15,17,18,19)/b16-10+. The van der Waals surface area contributed by atoms with Gasteiger partial charge in [-0.05, 0) is 36.8 Å². The average molecular weight is 303 g/mol. The summed E-state index contributed by atoms with van der Waals surface area (Å²) in [7, 11) is 1.64. The van der Waals surface area contributed by atoms with E-state index in [-0.39, 0.29) is 0 Å². The number of hydrogen-bond acceptors (Lipinski definition) is 6. The third-order valence-electron chi connectivity index (χ3n) is 2.63. The van der Waals surface area contributed by atoms with Crippen LogP contribution in [-0.2, 0) is 0 Å². The van der Waals surface area contributed by atoms with Crippen molar-refractivity contribution in [2.24, 2.45) is 5.10 Å². The number of nitrogens with zero attached hydrogens (tertiary/aromatic N) is 3. The predicted molar refractivity (Wildman–Crippen MR) is 86.1 cm³/mol. The Morgan fingerprint density at radius 2 is 2.24 bits per heavy atom. The lowest BCUT2D eigenvalue weighted by Crippen LogP contribution is -2.00. The lowest BCUT2D eigenvalue weighted by atomic mass is 10.1. The van der Waals surface area contributed by atoms with E-state index in [0.29, 0.717) is 11.1 Å². The van der Waals surface area contributed by atoms with Crippen LogP contribution in [0, 0.1) is 0 Å². The quantitative estimate of drug-likeness (QED) is 0.356. The number of anilines is 1. The molecule has 0 aliphatic carbocycles. The Morgan fingerprint density at radius 3 is 2.90 bits per heavy atom. The number of aromatic amines is 1. The van der Waals surface area contributed by atoms with E-state index in [1.54, 1.807) is 13.2 Å². The second-order valence-corrected chi connectivity index (χ2v) is 5.09. The van der Waals surface area contributed by atoms with Gasteiger partial charge in [0.05, 0.1) is 12.8 Å². The number of nitrogens with one attached hydrogen (secondary N) is 2. The zero-order chi connectivity index (χ0) is 15.1. The highest BCUT2D eigenvalue weighted by atomic mass is 32.2. The Bertz CT molecular complexity index is 621. The average Bonchev–Trinajstić information content (AvgIpc) is 2.98. The molecule has 0 spiro atoms. The number of rotatable bonds is 7. The number of aromatic nitrogens is 3. The number of hydrogen-bond donors (Lipinski definition) is 2. The van der Waals surface area contributed by atoms with Crippen molar-refractivity contribution < 1.29 is 4.74 Å². The maximum Gasteiger partial charge on any atom is 0.240 e. The van der Waals surface area contributed by atoms with E-state index in [4.69, 9.17) is 4.74 Å². The van der Waals surface area contributed by atoms with Crippen LogP contribution in [0.2, 0.25) is 0 Å². The molecule has 21 heavy (non-hydrogen) atoms. The Kier molecular flexibility index (Phi) is 5.39. The Hall–Kier alpha value is -2.28. The molecule has 6 nitrogen and oxygen atoms in total. The smallest absolute Gasteiger partial charge is 0.240 e. The first-order chi connectivity index (χ1) is 10.2. The van der Waals surface area contributed by atoms with Gasteiger partial charge < -0.3 is 4.74 Å². The van der Waals surface area contributed by atoms with Crippen molar-refractivity contribution in [3.8, 4) is 5.75 Å². The van der Waals surface area contributed by atoms with Crippen LogP contribution in [0.25, 0.3) is 0 Å². The van der Waals surface area contributed by atoms with Gasteiger partial charge in [-0.2, -0.15) is 10.1 Å². The first-order valence-corrected chi connectivity index (χ1v) is 7.32. The molecule has 0 radical (unpaired) electrons. The summed E-state index contributed by atoms with van der Waals surface area (Å²) in [5.74, 6) is 2.10. The molecular weight excluding hydrogens is 286 g/mol. The van der Waals surface area contributed by atoms with Crippen LogP contribution in [0.15, 0.2) is 47.2 Å². The van der Waals surface area contributed by atoms with Crippen LogP contribution >= 0.6 is 11.8 Å². The van der Waals surface area contributed by atoms with Crippen molar-refractivity contribution in [3.63, 3.8) is 0 Å². The van der Waals surface area contributed by atoms with Crippen LogP contribution in [0.5, 0.6) is 5.75 Å². The highest BCUT2D eigenvalue weighted by molar-refractivity contribution is 7.99. The molecule has 0 saturated heterocycles. The normalized spacial score (nSPS) is 11.2. The molecule has 2 rings (SSSR count). The van der Waals surface area contributed by atoms with E-state index in [1.165, 1.54) is 11.8 Å². The summed E-state index contributed by atoms with van der Waals surface area (Å²) in [6.07, 6.45) is 1.81. The zero-order valence-electron chi connectivity index (χ0n) is 12.0. The number of ether oxygens (including phenoxy) is 1. The second kappa shape index (κ2) is 7.49. The fourth-order valence-electron chi connectivity index (χ4n) is 1.53. The minimum Gasteiger partial charge on any atom is -0.497 e. The summed E-state index contributed by atoms with van der Waals surface area (Å²) in [4.78, 5) is 4.25. The number of H-pyrrole nitrogens is 1. The van der Waals surface area contributed by atoms with Gasteiger partial charge in [0, 0.05) is 5.75 Å². The summed E-state index contributed by atoms with van der Waals surface area (Å²) in [5, 5.41) is 11.8. The molecule has 0 saturated carbocycles. The van der Waals surface area contributed by atoms with Gasteiger partial charge in [-0.15, -0.1) is 11.7 Å². The largest absolute Gasteiger partial charge is 0.497 e. The topological polar surface area (TPSA) is 75.2 Å². The molecule has 0 amide bonds. The Morgan fingerprint density at radius 1 is 1.48 bits per heavy atom. The van der Waals surface area contributed by atoms with Crippen molar-refractivity contribution in [2.75, 3.05) is 18.3 Å². The summed E-state index contributed by atoms with van der Waals surface area (Å²) in [5.41, 5.74) is 4.70. The molecule has 0 aliphatic heterocycles. The van der Waals surface area contributed by atoms with Crippen LogP contribution in [-0.4, -0.2) is 33.8 Å². The second-order valence-electron chi connectivity index (χ2n) is 4.10. The molecule has 1 aromatic carbocycles. The van der Waals surface area contributed by atoms with Crippen molar-refractivity contribution in [1.29, 1.82) is 0 Å². The first-order valence-electron chi connectivity index (χ1n) is 6.33. The molecular formula is C14H17N5OS. The third kappa shape index (κ3) is 4.35. The van der Waals surface area contributed by atoms with Gasteiger partial charge in [0.15, 0.2) is 0 Å². The van der Waals surface area contributed by atoms with E-state index >= 15 is 0 Å². The monoisotopic (exact) mass is 303 g/mol. The zero-order valence-corrected chi connectivity index (χ0v) is 12.8. The molecule has 0 unspecified atom stereocenters. The minimum absolute atomic E-state index is 0.509. The lowest BCUT2D eigenvalue weighted by molar-refractivity contribution is 0.415. The molecule has 0 bridgehead atoms. The van der Waals surface area contributed by atoms with Crippen molar-refractivity contribution in [3.05, 3.63) is 42.5 Å². The van der Waals surface area contributed by atoms with E-state index in [1.807, 2.05) is 31.2 Å². The van der Waals surface area contributed by atoms with Crippen molar-refractivity contribution >= 4 is 23.4 Å². The number of thioether (sulfide) groups is 1. The fraction of sp³-hybridized carbons (Fsp3) is 0.214. The molecule has 0 atom stereocenters. The van der Waals surface area contributed by atoms with Gasteiger partial charge in [-0.3, -0.25) is 0 Å². The molecule has 110 valence electrons. The maximum absolute atomic E-state index is 5.13. The van der Waals surface area contributed by atoms with E-state index in [2.05, 4.69) is 32.3 Å². The Labute approximate surface area is 127 Å². The molecule has 0 aliphatic rings. The van der Waals surface area contributed by atoms with Crippen molar-refractivity contribution in [2.45, 2.75) is 12.1 Å². The summed E-state index contributed by atoms with van der Waals surface area (Å²) >= 11 is 1.50. The SMILES string of the molecule is C=CCSc1n[nH]c(N/N=C(\C)c2ccc(OC)cc2)n1. The highest BCUT2D eigenvalue weighted by Gasteiger charge is 2.02. The lowest BCUT2D eigenvalue weighted by Gasteiger charge is -2.03. The van der Waals surface area contributed by atoms with Crippen molar-refractivity contribution in [1.82, 2.24) is 15.2 Å². The molecule has 0 fully saturated rings. The van der Waals surface area contributed by atoms with E-state index in [9.17, 15) is 0 Å². The fourth-order valence-corrected chi connectivity index (χ4v) is 2.06. The third-order valence-corrected chi connectivity index (χ3v) is 3.48. The molecule has 2 aromatic rings. The molecule has 2 N–H and O–H groups in total. The summed E-state index contributed by atoms with van der Waals surface area (Å²) in [6.45, 7) is 5.57. The van der Waals surface area contributed by atoms with Crippen LogP contribution in [0.4, 0.5) is 5.95 Å². The van der Waals surface area contributed by atoms with Crippen LogP contribution in [0.3, 0.4) is 0 Å². The maximum atomic E-state index is 5.13. The minimum atomic E-state index is 0.509. The van der Waals surface area contributed by atoms with Gasteiger partial charge in [0.2, 0.25) is 11.1 Å². The van der Waals surface area contributed by atoms with E-state index < -0.39 is 0 Å². The molecule has 1 aromatic heterocycles. The predicted octanol–water partition coefficient (Wildman–Crippen LogP) is 2.93. The highest BCUT2D eigenvalue weighted by Crippen LogP contribution is 2.14.